The molecule has 0 radical (unpaired) electrons. The average Bonchev–Trinajstić information content (AvgIpc) is 1.96. The molecule has 0 atom stereocenters. The summed E-state index contributed by atoms with van der Waals surface area (Å²) in [6, 6.07) is 0. The maximum Gasteiger partial charge on any atom is 0.0434 e. The molecule has 0 saturated heterocycles. The van der Waals surface area contributed by atoms with E-state index in [1.165, 1.54) is 11.1 Å². The van der Waals surface area contributed by atoms with E-state index in [-0.39, 0.29) is 0 Å². The molecule has 1 aliphatic carbocycles. The van der Waals surface area contributed by atoms with Crippen molar-refractivity contribution in [3.05, 3.63) is 34.4 Å². The van der Waals surface area contributed by atoms with Crippen molar-refractivity contribution in [1.29, 1.82) is 0 Å². The van der Waals surface area contributed by atoms with Gasteiger partial charge in [-0.3, -0.25) is 0 Å². The number of allylic oxidation sites excluding steroid dienone is 6. The van der Waals surface area contributed by atoms with E-state index in [2.05, 4.69) is 19.1 Å². The molecule has 0 aromatic rings. The van der Waals surface area contributed by atoms with E-state index in [0.29, 0.717) is 0 Å². The Morgan fingerprint density at radius 2 is 2.00 bits per heavy atom. The van der Waals surface area contributed by atoms with Crippen LogP contribution >= 0.6 is 11.6 Å². The van der Waals surface area contributed by atoms with E-state index < -0.39 is 0 Å². The molecule has 0 spiro atoms. The third kappa shape index (κ3) is 1.74. The van der Waals surface area contributed by atoms with Crippen molar-refractivity contribution in [2.75, 3.05) is 0 Å². The summed E-state index contributed by atoms with van der Waals surface area (Å²) in [5, 5.41) is 0.867. The van der Waals surface area contributed by atoms with Gasteiger partial charge >= 0.3 is 0 Å². The molecule has 0 heterocycles. The fourth-order valence-electron chi connectivity index (χ4n) is 0.892. The van der Waals surface area contributed by atoms with Crippen LogP contribution in [0, 0.1) is 0 Å². The van der Waals surface area contributed by atoms with Gasteiger partial charge in [0, 0.05) is 5.03 Å². The second-order valence-corrected chi connectivity index (χ2v) is 2.97. The maximum atomic E-state index is 5.92. The standard InChI is InChI=1S/C9H11Cl/c1-7-4-3-5-8(2)9(10)6-7/h4-6H,3H2,1-2H3. The van der Waals surface area contributed by atoms with Crippen molar-refractivity contribution >= 4 is 11.6 Å². The minimum Gasteiger partial charge on any atom is -0.0841 e. The van der Waals surface area contributed by atoms with Crippen LogP contribution in [0.15, 0.2) is 34.4 Å². The van der Waals surface area contributed by atoms with Crippen molar-refractivity contribution in [1.82, 2.24) is 0 Å². The Morgan fingerprint density at radius 1 is 1.30 bits per heavy atom. The van der Waals surface area contributed by atoms with Gasteiger partial charge in [-0.1, -0.05) is 29.3 Å². The van der Waals surface area contributed by atoms with E-state index in [1.807, 2.05) is 13.0 Å². The van der Waals surface area contributed by atoms with Crippen LogP contribution in [0.5, 0.6) is 0 Å². The van der Waals surface area contributed by atoms with Gasteiger partial charge in [0.1, 0.15) is 0 Å². The largest absolute Gasteiger partial charge is 0.0841 e. The minimum absolute atomic E-state index is 0.867. The van der Waals surface area contributed by atoms with Crippen LogP contribution in [0.1, 0.15) is 20.3 Å². The lowest BCUT2D eigenvalue weighted by Gasteiger charge is -1.93. The van der Waals surface area contributed by atoms with Crippen LogP contribution in [0.3, 0.4) is 0 Å². The number of hydrogen-bond acceptors (Lipinski definition) is 0. The van der Waals surface area contributed by atoms with E-state index in [1.54, 1.807) is 0 Å². The summed E-state index contributed by atoms with van der Waals surface area (Å²) >= 11 is 5.92. The molecular weight excluding hydrogens is 144 g/mol. The van der Waals surface area contributed by atoms with Crippen LogP contribution in [0.2, 0.25) is 0 Å². The summed E-state index contributed by atoms with van der Waals surface area (Å²) < 4.78 is 0. The molecule has 0 aliphatic heterocycles. The Bertz CT molecular complexity index is 219. The highest BCUT2D eigenvalue weighted by Gasteiger charge is 1.98. The van der Waals surface area contributed by atoms with Gasteiger partial charge in [0.15, 0.2) is 0 Å². The van der Waals surface area contributed by atoms with Crippen LogP contribution in [0.25, 0.3) is 0 Å². The summed E-state index contributed by atoms with van der Waals surface area (Å²) in [5.41, 5.74) is 2.42. The van der Waals surface area contributed by atoms with E-state index >= 15 is 0 Å². The Morgan fingerprint density at radius 3 is 2.70 bits per heavy atom. The summed E-state index contributed by atoms with van der Waals surface area (Å²) in [4.78, 5) is 0. The second kappa shape index (κ2) is 3.07. The van der Waals surface area contributed by atoms with Crippen LogP contribution in [-0.4, -0.2) is 0 Å². The molecule has 0 bridgehead atoms. The molecule has 0 saturated carbocycles. The van der Waals surface area contributed by atoms with E-state index in [0.717, 1.165) is 11.5 Å². The van der Waals surface area contributed by atoms with Gasteiger partial charge in [0.2, 0.25) is 0 Å². The molecule has 1 heteroatoms. The Balaban J connectivity index is 2.92. The summed E-state index contributed by atoms with van der Waals surface area (Å²) in [7, 11) is 0. The fourth-order valence-corrected chi connectivity index (χ4v) is 1.14. The van der Waals surface area contributed by atoms with Crippen LogP contribution in [0.4, 0.5) is 0 Å². The third-order valence-corrected chi connectivity index (χ3v) is 2.00. The summed E-state index contributed by atoms with van der Waals surface area (Å²) in [6.07, 6.45) is 7.30. The highest BCUT2D eigenvalue weighted by molar-refractivity contribution is 6.32. The molecule has 0 nitrogen and oxygen atoms in total. The summed E-state index contributed by atoms with van der Waals surface area (Å²) in [5.74, 6) is 0. The first-order valence-electron chi connectivity index (χ1n) is 3.41. The lowest BCUT2D eigenvalue weighted by atomic mass is 10.2. The lowest BCUT2D eigenvalue weighted by molar-refractivity contribution is 1.32. The zero-order valence-corrected chi connectivity index (χ0v) is 7.07. The van der Waals surface area contributed by atoms with Crippen molar-refractivity contribution in [2.45, 2.75) is 20.3 Å². The Kier molecular flexibility index (Phi) is 2.34. The number of hydrogen-bond donors (Lipinski definition) is 0. The van der Waals surface area contributed by atoms with Crippen molar-refractivity contribution in [2.24, 2.45) is 0 Å². The van der Waals surface area contributed by atoms with Crippen molar-refractivity contribution in [3.63, 3.8) is 0 Å². The van der Waals surface area contributed by atoms with Gasteiger partial charge in [0.05, 0.1) is 0 Å². The molecule has 0 fully saturated rings. The maximum absolute atomic E-state index is 5.92. The van der Waals surface area contributed by atoms with Crippen molar-refractivity contribution in [3.8, 4) is 0 Å². The molecule has 0 amide bonds. The van der Waals surface area contributed by atoms with Gasteiger partial charge in [-0.15, -0.1) is 0 Å². The fraction of sp³-hybridized carbons (Fsp3) is 0.333. The molecule has 0 aromatic carbocycles. The quantitative estimate of drug-likeness (QED) is 0.502. The minimum atomic E-state index is 0.867. The van der Waals surface area contributed by atoms with Crippen LogP contribution in [-0.2, 0) is 0 Å². The molecular formula is C9H11Cl. The first kappa shape index (κ1) is 7.62. The smallest absolute Gasteiger partial charge is 0.0434 e. The zero-order valence-electron chi connectivity index (χ0n) is 6.32. The summed E-state index contributed by atoms with van der Waals surface area (Å²) in [6.45, 7) is 4.10. The van der Waals surface area contributed by atoms with Gasteiger partial charge in [-0.05, 0) is 31.9 Å². The first-order valence-corrected chi connectivity index (χ1v) is 3.79. The molecule has 0 N–H and O–H groups in total. The van der Waals surface area contributed by atoms with E-state index in [4.69, 9.17) is 11.6 Å². The molecule has 0 unspecified atom stereocenters. The third-order valence-electron chi connectivity index (χ3n) is 1.59. The number of halogens is 1. The van der Waals surface area contributed by atoms with Gasteiger partial charge in [-0.25, -0.2) is 0 Å². The van der Waals surface area contributed by atoms with Crippen LogP contribution < -0.4 is 0 Å². The normalized spacial score (nSPS) is 18.9. The van der Waals surface area contributed by atoms with Gasteiger partial charge < -0.3 is 0 Å². The van der Waals surface area contributed by atoms with E-state index in [9.17, 15) is 0 Å². The first-order chi connectivity index (χ1) is 4.70. The highest BCUT2D eigenvalue weighted by atomic mass is 35.5. The van der Waals surface area contributed by atoms with Crippen molar-refractivity contribution < 1.29 is 0 Å². The zero-order chi connectivity index (χ0) is 7.56. The monoisotopic (exact) mass is 154 g/mol. The Hall–Kier alpha value is -0.490. The SMILES string of the molecule is CC1=CCC=C(C)C(Cl)=C1. The number of rotatable bonds is 0. The van der Waals surface area contributed by atoms with Gasteiger partial charge in [0.25, 0.3) is 0 Å². The topological polar surface area (TPSA) is 0 Å². The molecule has 1 aliphatic rings. The molecule has 1 rings (SSSR count). The molecule has 0 aromatic heterocycles. The predicted octanol–water partition coefficient (Wildman–Crippen LogP) is 3.41. The van der Waals surface area contributed by atoms with Gasteiger partial charge in [-0.2, -0.15) is 0 Å². The molecule has 54 valence electrons. The Labute approximate surface area is 66.9 Å². The second-order valence-electron chi connectivity index (χ2n) is 2.56. The average molecular weight is 155 g/mol. The lowest BCUT2D eigenvalue weighted by Crippen LogP contribution is -1.73. The highest BCUT2D eigenvalue weighted by Crippen LogP contribution is 2.20. The molecule has 10 heavy (non-hydrogen) atoms. The predicted molar refractivity (Wildman–Crippen MR) is 46.1 cm³/mol.